The van der Waals surface area contributed by atoms with Crippen molar-refractivity contribution in [2.45, 2.75) is 66.4 Å². The third kappa shape index (κ3) is 5.02. The summed E-state index contributed by atoms with van der Waals surface area (Å²) in [7, 11) is -4.73. The molecule has 0 amide bonds. The number of hydrogen-bond donors (Lipinski definition) is 2. The van der Waals surface area contributed by atoms with E-state index < -0.39 is 68.6 Å². The van der Waals surface area contributed by atoms with E-state index in [4.69, 9.17) is 5.73 Å². The van der Waals surface area contributed by atoms with Gasteiger partial charge in [0, 0.05) is 12.6 Å². The summed E-state index contributed by atoms with van der Waals surface area (Å²) in [5, 5.41) is -0.229. The fourth-order valence-electron chi connectivity index (χ4n) is 3.03. The van der Waals surface area contributed by atoms with Gasteiger partial charge in [0.2, 0.25) is 14.8 Å². The average molecular weight is 450 g/mol. The van der Waals surface area contributed by atoms with Gasteiger partial charge in [0.05, 0.1) is 10.5 Å². The number of hydrogen-bond acceptors (Lipinski definition) is 4. The highest BCUT2D eigenvalue weighted by molar-refractivity contribution is 7.92. The SMILES string of the molecule is CC(N)(CNC1CCC(F)(S(=O)(=O)c2cccc(C(F)(F)F)c2)CC1)C(F)(F)F. The van der Waals surface area contributed by atoms with Crippen LogP contribution in [0.1, 0.15) is 38.2 Å². The molecule has 0 heterocycles. The van der Waals surface area contributed by atoms with Crippen molar-refractivity contribution in [2.75, 3.05) is 6.54 Å². The molecule has 1 aromatic rings. The largest absolute Gasteiger partial charge is 0.416 e. The van der Waals surface area contributed by atoms with E-state index in [0.717, 1.165) is 19.1 Å². The first-order valence-electron chi connectivity index (χ1n) is 8.69. The highest BCUT2D eigenvalue weighted by Gasteiger charge is 2.50. The Balaban J connectivity index is 2.10. The van der Waals surface area contributed by atoms with Crippen LogP contribution < -0.4 is 11.1 Å². The van der Waals surface area contributed by atoms with Crippen molar-refractivity contribution < 1.29 is 39.2 Å². The average Bonchev–Trinajstić information content (AvgIpc) is 2.59. The maximum Gasteiger partial charge on any atom is 0.416 e. The number of benzene rings is 1. The van der Waals surface area contributed by atoms with Crippen molar-refractivity contribution in [2.24, 2.45) is 5.73 Å². The second-order valence-electron chi connectivity index (χ2n) is 7.48. The lowest BCUT2D eigenvalue weighted by atomic mass is 9.92. The van der Waals surface area contributed by atoms with E-state index in [0.29, 0.717) is 12.1 Å². The highest BCUT2D eigenvalue weighted by atomic mass is 32.2. The van der Waals surface area contributed by atoms with Gasteiger partial charge in [-0.25, -0.2) is 12.8 Å². The van der Waals surface area contributed by atoms with E-state index in [1.807, 2.05) is 0 Å². The van der Waals surface area contributed by atoms with Crippen LogP contribution in [0.15, 0.2) is 29.2 Å². The molecule has 166 valence electrons. The summed E-state index contributed by atoms with van der Waals surface area (Å²) in [6, 6.07) is 2.23. The number of alkyl halides is 7. The van der Waals surface area contributed by atoms with Crippen LogP contribution in [0, 0.1) is 0 Å². The van der Waals surface area contributed by atoms with Gasteiger partial charge in [-0.05, 0) is 50.8 Å². The van der Waals surface area contributed by atoms with E-state index in [9.17, 15) is 34.8 Å². The Labute approximate surface area is 163 Å². The van der Waals surface area contributed by atoms with Crippen molar-refractivity contribution in [3.8, 4) is 0 Å². The van der Waals surface area contributed by atoms with E-state index >= 15 is 4.39 Å². The molecular formula is C17H21F7N2O2S. The monoisotopic (exact) mass is 450 g/mol. The Kier molecular flexibility index (Phi) is 6.33. The first-order chi connectivity index (χ1) is 13.0. The lowest BCUT2D eigenvalue weighted by Gasteiger charge is -2.36. The van der Waals surface area contributed by atoms with Crippen molar-refractivity contribution >= 4 is 9.84 Å². The van der Waals surface area contributed by atoms with Crippen LogP contribution >= 0.6 is 0 Å². The molecule has 0 aliphatic heterocycles. The van der Waals surface area contributed by atoms with Gasteiger partial charge in [-0.1, -0.05) is 6.07 Å². The van der Waals surface area contributed by atoms with Crippen LogP contribution in [0.4, 0.5) is 30.7 Å². The third-order valence-electron chi connectivity index (χ3n) is 5.09. The minimum absolute atomic E-state index is 0.109. The molecule has 1 aliphatic rings. The minimum atomic E-state index is -4.79. The Morgan fingerprint density at radius 1 is 1.14 bits per heavy atom. The van der Waals surface area contributed by atoms with Crippen molar-refractivity contribution in [1.82, 2.24) is 5.32 Å². The van der Waals surface area contributed by atoms with Gasteiger partial charge < -0.3 is 11.1 Å². The molecule has 1 unspecified atom stereocenters. The Bertz CT molecular complexity index is 827. The molecule has 0 radical (unpaired) electrons. The normalized spacial score (nSPS) is 26.2. The summed E-state index contributed by atoms with van der Waals surface area (Å²) in [4.78, 5) is -0.784. The van der Waals surface area contributed by atoms with Crippen LogP contribution in [0.25, 0.3) is 0 Å². The fraction of sp³-hybridized carbons (Fsp3) is 0.647. The third-order valence-corrected chi connectivity index (χ3v) is 7.34. The summed E-state index contributed by atoms with van der Waals surface area (Å²) in [5.74, 6) is 0. The van der Waals surface area contributed by atoms with Crippen LogP contribution in [-0.4, -0.2) is 37.7 Å². The van der Waals surface area contributed by atoms with Crippen LogP contribution in [-0.2, 0) is 16.0 Å². The minimum Gasteiger partial charge on any atom is -0.317 e. The molecule has 3 N–H and O–H groups in total. The Morgan fingerprint density at radius 3 is 2.17 bits per heavy atom. The summed E-state index contributed by atoms with van der Waals surface area (Å²) in [5.41, 5.74) is 1.48. The molecule has 12 heteroatoms. The number of halogens is 7. The van der Waals surface area contributed by atoms with Crippen LogP contribution in [0.2, 0.25) is 0 Å². The maximum absolute atomic E-state index is 15.2. The van der Waals surface area contributed by atoms with Gasteiger partial charge >= 0.3 is 12.4 Å². The molecule has 1 fully saturated rings. The van der Waals surface area contributed by atoms with Crippen molar-refractivity contribution in [3.05, 3.63) is 29.8 Å². The number of nitrogens with two attached hydrogens (primary N) is 1. The first-order valence-corrected chi connectivity index (χ1v) is 10.2. The second kappa shape index (κ2) is 7.69. The summed E-state index contributed by atoms with van der Waals surface area (Å²) in [6.45, 7) is 0.154. The van der Waals surface area contributed by atoms with Crippen molar-refractivity contribution in [3.63, 3.8) is 0 Å². The smallest absolute Gasteiger partial charge is 0.317 e. The van der Waals surface area contributed by atoms with Gasteiger partial charge in [-0.3, -0.25) is 0 Å². The standard InChI is InChI=1S/C17H21F7N2O2S/c1-14(25,17(22,23)24)10-26-12-5-7-15(18,8-6-12)29(27,28)13-4-2-3-11(9-13)16(19,20)21/h2-4,9,12,26H,5-8,10,25H2,1H3. The number of sulfone groups is 1. The molecule has 0 aromatic heterocycles. The predicted molar refractivity (Wildman–Crippen MR) is 91.4 cm³/mol. The maximum atomic E-state index is 15.2. The summed E-state index contributed by atoms with van der Waals surface area (Å²) in [6.07, 6.45) is -10.8. The van der Waals surface area contributed by atoms with E-state index in [1.165, 1.54) is 0 Å². The van der Waals surface area contributed by atoms with Crippen molar-refractivity contribution in [1.29, 1.82) is 0 Å². The van der Waals surface area contributed by atoms with E-state index in [-0.39, 0.29) is 12.8 Å². The van der Waals surface area contributed by atoms with Gasteiger partial charge in [0.25, 0.3) is 0 Å². The zero-order valence-corrected chi connectivity index (χ0v) is 16.2. The zero-order chi connectivity index (χ0) is 22.3. The van der Waals surface area contributed by atoms with Crippen LogP contribution in [0.3, 0.4) is 0 Å². The molecular weight excluding hydrogens is 429 g/mol. The molecule has 1 aromatic carbocycles. The quantitative estimate of drug-likeness (QED) is 0.667. The first kappa shape index (κ1) is 23.9. The second-order valence-corrected chi connectivity index (χ2v) is 9.69. The Hall–Kier alpha value is -1.40. The topological polar surface area (TPSA) is 72.2 Å². The van der Waals surface area contributed by atoms with Gasteiger partial charge in [0.1, 0.15) is 5.54 Å². The molecule has 0 bridgehead atoms. The van der Waals surface area contributed by atoms with Gasteiger partial charge in [-0.2, -0.15) is 26.3 Å². The molecule has 2 rings (SSSR count). The van der Waals surface area contributed by atoms with E-state index in [2.05, 4.69) is 5.32 Å². The fourth-order valence-corrected chi connectivity index (χ4v) is 4.76. The lowest BCUT2D eigenvalue weighted by Crippen LogP contribution is -2.59. The molecule has 1 saturated carbocycles. The molecule has 0 saturated heterocycles. The molecule has 1 atom stereocenters. The number of nitrogens with one attached hydrogen (secondary N) is 1. The predicted octanol–water partition coefficient (Wildman–Crippen LogP) is 3.96. The molecule has 0 spiro atoms. The van der Waals surface area contributed by atoms with Gasteiger partial charge in [-0.15, -0.1) is 0 Å². The summed E-state index contributed by atoms with van der Waals surface area (Å²) < 4.78 is 117. The molecule has 29 heavy (non-hydrogen) atoms. The highest BCUT2D eigenvalue weighted by Crippen LogP contribution is 2.41. The zero-order valence-electron chi connectivity index (χ0n) is 15.4. The van der Waals surface area contributed by atoms with Crippen LogP contribution in [0.5, 0.6) is 0 Å². The number of rotatable bonds is 5. The Morgan fingerprint density at radius 2 is 1.69 bits per heavy atom. The molecule has 1 aliphatic carbocycles. The lowest BCUT2D eigenvalue weighted by molar-refractivity contribution is -0.179. The summed E-state index contributed by atoms with van der Waals surface area (Å²) >= 11 is 0. The molecule has 4 nitrogen and oxygen atoms in total. The van der Waals surface area contributed by atoms with Gasteiger partial charge in [0.15, 0.2) is 0 Å². The van der Waals surface area contributed by atoms with E-state index in [1.54, 1.807) is 0 Å².